The highest BCUT2D eigenvalue weighted by Gasteiger charge is 2.70. The van der Waals surface area contributed by atoms with Crippen LogP contribution >= 0.6 is 0 Å². The molecule has 8 unspecified atom stereocenters. The zero-order valence-electron chi connectivity index (χ0n) is 19.0. The van der Waals surface area contributed by atoms with Crippen LogP contribution in [-0.4, -0.2) is 48.4 Å². The van der Waals surface area contributed by atoms with Crippen molar-refractivity contribution in [2.75, 3.05) is 6.61 Å². The predicted octanol–water partition coefficient (Wildman–Crippen LogP) is 2.94. The fraction of sp³-hybridized carbons (Fsp3) is 0.800. The zero-order valence-corrected chi connectivity index (χ0v) is 19.0. The Bertz CT molecular complexity index is 838. The first-order valence-electron chi connectivity index (χ1n) is 12.0. The third kappa shape index (κ3) is 2.92. The van der Waals surface area contributed by atoms with Crippen molar-refractivity contribution in [1.29, 1.82) is 0 Å². The van der Waals surface area contributed by atoms with Crippen molar-refractivity contribution >= 4 is 18.9 Å². The summed E-state index contributed by atoms with van der Waals surface area (Å²) in [5, 5.41) is 12.4. The quantitative estimate of drug-likeness (QED) is 0.394. The summed E-state index contributed by atoms with van der Waals surface area (Å²) in [6.07, 6.45) is 7.99. The van der Waals surface area contributed by atoms with E-state index in [0.717, 1.165) is 50.5 Å². The molecule has 1 N–H and O–H groups in total. The Kier molecular flexibility index (Phi) is 5.19. The summed E-state index contributed by atoms with van der Waals surface area (Å²) in [4.78, 5) is 34.0. The van der Waals surface area contributed by atoms with Gasteiger partial charge >= 0.3 is 5.97 Å². The third-order valence-electron chi connectivity index (χ3n) is 10.4. The van der Waals surface area contributed by atoms with Gasteiger partial charge in [-0.2, -0.15) is 0 Å². The second-order valence-electron chi connectivity index (χ2n) is 11.3. The number of rotatable bonds is 5. The Morgan fingerprint density at radius 1 is 1.06 bits per heavy atom. The lowest BCUT2D eigenvalue weighted by atomic mass is 9.43. The van der Waals surface area contributed by atoms with E-state index in [9.17, 15) is 19.5 Å². The molecular formula is C25H34O7. The number of hydrogen-bond acceptors (Lipinski definition) is 7. The Labute approximate surface area is 188 Å². The third-order valence-corrected chi connectivity index (χ3v) is 10.4. The summed E-state index contributed by atoms with van der Waals surface area (Å²) in [5.74, 6) is 0.403. The Morgan fingerprint density at radius 3 is 2.53 bits per heavy atom. The summed E-state index contributed by atoms with van der Waals surface area (Å²) in [7, 11) is 0. The van der Waals surface area contributed by atoms with E-state index in [0.29, 0.717) is 31.2 Å². The summed E-state index contributed by atoms with van der Waals surface area (Å²) < 4.78 is 16.0. The lowest BCUT2D eigenvalue weighted by molar-refractivity contribution is -0.209. The van der Waals surface area contributed by atoms with Crippen LogP contribution in [-0.2, 0) is 28.6 Å². The molecule has 5 rings (SSSR count). The molecule has 0 radical (unpaired) electrons. The molecule has 1 aliphatic heterocycles. The van der Waals surface area contributed by atoms with Crippen molar-refractivity contribution in [3.63, 3.8) is 0 Å². The molecule has 0 aromatic carbocycles. The van der Waals surface area contributed by atoms with Crippen LogP contribution in [0.25, 0.3) is 0 Å². The average Bonchev–Trinajstić information content (AvgIpc) is 3.26. The smallest absolute Gasteiger partial charge is 0.331 e. The minimum Gasteiger partial charge on any atom is -0.465 e. The lowest BCUT2D eigenvalue weighted by Crippen LogP contribution is -2.62. The summed E-state index contributed by atoms with van der Waals surface area (Å²) in [6, 6.07) is 0. The lowest BCUT2D eigenvalue weighted by Gasteiger charge is -2.63. The molecular weight excluding hydrogens is 412 g/mol. The Morgan fingerprint density at radius 2 is 1.84 bits per heavy atom. The van der Waals surface area contributed by atoms with Crippen LogP contribution in [0.3, 0.4) is 0 Å². The van der Waals surface area contributed by atoms with Gasteiger partial charge in [0.25, 0.3) is 12.9 Å². The summed E-state index contributed by atoms with van der Waals surface area (Å²) in [6.45, 7) is 5.75. The molecule has 7 heteroatoms. The maximum absolute atomic E-state index is 12.4. The predicted molar refractivity (Wildman–Crippen MR) is 113 cm³/mol. The van der Waals surface area contributed by atoms with Crippen LogP contribution in [0.5, 0.6) is 0 Å². The van der Waals surface area contributed by atoms with Gasteiger partial charge in [0.1, 0.15) is 18.8 Å². The number of carbonyl (C=O) groups excluding carboxylic acids is 3. The van der Waals surface area contributed by atoms with E-state index in [1.54, 1.807) is 0 Å². The highest BCUT2D eigenvalue weighted by atomic mass is 16.5. The van der Waals surface area contributed by atoms with Gasteiger partial charge in [0.05, 0.1) is 5.60 Å². The van der Waals surface area contributed by atoms with Crippen molar-refractivity contribution in [3.05, 3.63) is 11.6 Å². The number of cyclic esters (lactones) is 1. The van der Waals surface area contributed by atoms with Crippen molar-refractivity contribution < 1.29 is 33.7 Å². The van der Waals surface area contributed by atoms with E-state index >= 15 is 0 Å². The molecule has 0 aromatic rings. The van der Waals surface area contributed by atoms with Crippen LogP contribution in [0.1, 0.15) is 65.2 Å². The molecule has 5 aliphatic rings. The number of carbonyl (C=O) groups is 3. The van der Waals surface area contributed by atoms with Crippen molar-refractivity contribution in [3.8, 4) is 0 Å². The fourth-order valence-electron chi connectivity index (χ4n) is 8.82. The molecule has 1 heterocycles. The van der Waals surface area contributed by atoms with Gasteiger partial charge in [0.15, 0.2) is 0 Å². The zero-order chi connectivity index (χ0) is 22.7. The standard InChI is InChI=1S/C25H34O7/c1-23-7-5-17(31-13-26)10-16(23)3-4-19-18(23)6-8-24(2)22(15-9-21(28)30-12-15)20(32-14-27)11-25(19,24)29/h9,13-14,16-20,22,29H,3-8,10-12H2,1-2H3/t16?,17?,18?,19?,20?,22-,23?,24?,25?/m0/s1. The van der Waals surface area contributed by atoms with Crippen LogP contribution < -0.4 is 0 Å². The Hall–Kier alpha value is -1.89. The van der Waals surface area contributed by atoms with Crippen molar-refractivity contribution in [2.45, 2.75) is 83.0 Å². The molecule has 0 spiro atoms. The molecule has 0 aromatic heterocycles. The maximum atomic E-state index is 12.4. The number of esters is 1. The number of aliphatic hydroxyl groups is 1. The van der Waals surface area contributed by atoms with Gasteiger partial charge in [-0.15, -0.1) is 0 Å². The second kappa shape index (κ2) is 7.57. The van der Waals surface area contributed by atoms with E-state index in [4.69, 9.17) is 14.2 Å². The van der Waals surface area contributed by atoms with E-state index in [-0.39, 0.29) is 35.9 Å². The van der Waals surface area contributed by atoms with Gasteiger partial charge in [-0.05, 0) is 73.7 Å². The molecule has 4 aliphatic carbocycles. The molecule has 32 heavy (non-hydrogen) atoms. The molecule has 0 amide bonds. The van der Waals surface area contributed by atoms with E-state index < -0.39 is 17.1 Å². The normalized spacial score (nSPS) is 49.7. The van der Waals surface area contributed by atoms with E-state index in [1.807, 2.05) is 0 Å². The monoisotopic (exact) mass is 446 g/mol. The molecule has 4 saturated carbocycles. The molecule has 7 nitrogen and oxygen atoms in total. The first kappa shape index (κ1) is 21.9. The minimum atomic E-state index is -0.967. The topological polar surface area (TPSA) is 99.1 Å². The minimum absolute atomic E-state index is 0.00661. The highest BCUT2D eigenvalue weighted by molar-refractivity contribution is 5.85. The molecule has 9 atom stereocenters. The van der Waals surface area contributed by atoms with Gasteiger partial charge < -0.3 is 19.3 Å². The molecule has 176 valence electrons. The van der Waals surface area contributed by atoms with Gasteiger partial charge in [-0.1, -0.05) is 13.8 Å². The largest absolute Gasteiger partial charge is 0.465 e. The van der Waals surface area contributed by atoms with Crippen LogP contribution in [0.4, 0.5) is 0 Å². The van der Waals surface area contributed by atoms with E-state index in [2.05, 4.69) is 13.8 Å². The second-order valence-corrected chi connectivity index (χ2v) is 11.3. The highest BCUT2D eigenvalue weighted by Crippen LogP contribution is 2.70. The Balaban J connectivity index is 1.47. The summed E-state index contributed by atoms with van der Waals surface area (Å²) in [5.41, 5.74) is -0.508. The number of hydrogen-bond donors (Lipinski definition) is 1. The van der Waals surface area contributed by atoms with Gasteiger partial charge in [0, 0.05) is 23.8 Å². The van der Waals surface area contributed by atoms with Gasteiger partial charge in [-0.25, -0.2) is 4.79 Å². The molecule has 4 fully saturated rings. The number of fused-ring (bicyclic) bond motifs is 5. The molecule has 0 saturated heterocycles. The first-order valence-corrected chi connectivity index (χ1v) is 12.0. The van der Waals surface area contributed by atoms with Crippen LogP contribution in [0, 0.1) is 34.5 Å². The van der Waals surface area contributed by atoms with Crippen molar-refractivity contribution in [2.24, 2.45) is 34.5 Å². The average molecular weight is 447 g/mol. The SMILES string of the molecule is CC12CCC(OC=O)CC1CCC1C2CCC2(C)[C@@H](C3=CC(=O)OC3)C(OC=O)CC12O. The fourth-order valence-corrected chi connectivity index (χ4v) is 8.82. The van der Waals surface area contributed by atoms with E-state index in [1.165, 1.54) is 6.08 Å². The van der Waals surface area contributed by atoms with Crippen LogP contribution in [0.15, 0.2) is 11.6 Å². The van der Waals surface area contributed by atoms with Crippen molar-refractivity contribution in [1.82, 2.24) is 0 Å². The summed E-state index contributed by atoms with van der Waals surface area (Å²) >= 11 is 0. The maximum Gasteiger partial charge on any atom is 0.331 e. The number of ether oxygens (including phenoxy) is 3. The molecule has 0 bridgehead atoms. The van der Waals surface area contributed by atoms with Gasteiger partial charge in [-0.3, -0.25) is 9.59 Å². The van der Waals surface area contributed by atoms with Crippen LogP contribution in [0.2, 0.25) is 0 Å². The first-order chi connectivity index (χ1) is 15.3. The van der Waals surface area contributed by atoms with Gasteiger partial charge in [0.2, 0.25) is 0 Å².